The normalized spacial score (nSPS) is 12.8. The molecule has 0 aliphatic carbocycles. The van der Waals surface area contributed by atoms with Crippen LogP contribution in [0, 0.1) is 0 Å². The second-order valence-corrected chi connectivity index (χ2v) is 8.29. The van der Waals surface area contributed by atoms with Crippen molar-refractivity contribution in [3.05, 3.63) is 65.7 Å². The molecule has 0 saturated carbocycles. The van der Waals surface area contributed by atoms with E-state index in [1.165, 1.54) is 17.3 Å². The van der Waals surface area contributed by atoms with Gasteiger partial charge in [-0.05, 0) is 17.2 Å². The molecule has 27 heavy (non-hydrogen) atoms. The van der Waals surface area contributed by atoms with Crippen molar-refractivity contribution in [1.29, 1.82) is 0 Å². The first-order valence-electron chi connectivity index (χ1n) is 8.64. The third-order valence-corrected chi connectivity index (χ3v) is 6.30. The van der Waals surface area contributed by atoms with Crippen LogP contribution in [0.4, 0.5) is 5.69 Å². The number of aliphatic imine (C=N–C) groups is 1. The summed E-state index contributed by atoms with van der Waals surface area (Å²) < 4.78 is 0.900. The number of carbonyl (C=O) groups is 2. The Morgan fingerprint density at radius 3 is 2.63 bits per heavy atom. The lowest BCUT2D eigenvalue weighted by molar-refractivity contribution is -0.129. The van der Waals surface area contributed by atoms with Gasteiger partial charge in [0.05, 0.1) is 11.4 Å². The summed E-state index contributed by atoms with van der Waals surface area (Å²) in [6.07, 6.45) is 0.159. The Bertz CT molecular complexity index is 840. The van der Waals surface area contributed by atoms with Gasteiger partial charge in [0, 0.05) is 25.3 Å². The molecule has 0 aromatic heterocycles. The number of benzene rings is 2. The van der Waals surface area contributed by atoms with Crippen LogP contribution in [-0.2, 0) is 21.9 Å². The lowest BCUT2D eigenvalue weighted by Crippen LogP contribution is -2.35. The first-order chi connectivity index (χ1) is 13.1. The summed E-state index contributed by atoms with van der Waals surface area (Å²) >= 11 is 3.10. The average Bonchev–Trinajstić information content (AvgIpc) is 2.69. The fourth-order valence-electron chi connectivity index (χ4n) is 2.64. The molecule has 140 valence electrons. The molecule has 1 aliphatic heterocycles. The van der Waals surface area contributed by atoms with Crippen molar-refractivity contribution in [3.8, 4) is 0 Å². The molecule has 7 heteroatoms. The van der Waals surface area contributed by atoms with Crippen LogP contribution >= 0.6 is 23.5 Å². The van der Waals surface area contributed by atoms with Gasteiger partial charge in [-0.15, -0.1) is 0 Å². The van der Waals surface area contributed by atoms with Crippen LogP contribution in [0.15, 0.2) is 59.6 Å². The quantitative estimate of drug-likeness (QED) is 0.772. The third-order valence-electron chi connectivity index (χ3n) is 4.07. The summed E-state index contributed by atoms with van der Waals surface area (Å²) in [6, 6.07) is 17.8. The molecular formula is C20H21N3O2S2. The van der Waals surface area contributed by atoms with E-state index < -0.39 is 5.91 Å². The lowest BCUT2D eigenvalue weighted by Gasteiger charge is -2.22. The highest BCUT2D eigenvalue weighted by Crippen LogP contribution is 2.34. The molecule has 2 amide bonds. The molecule has 2 aromatic rings. The van der Waals surface area contributed by atoms with Crippen molar-refractivity contribution in [1.82, 2.24) is 4.90 Å². The topological polar surface area (TPSA) is 75.8 Å². The highest BCUT2D eigenvalue weighted by atomic mass is 32.2. The van der Waals surface area contributed by atoms with E-state index in [1.807, 2.05) is 48.5 Å². The lowest BCUT2D eigenvalue weighted by atomic mass is 10.2. The Labute approximate surface area is 167 Å². The minimum absolute atomic E-state index is 0.0211. The summed E-state index contributed by atoms with van der Waals surface area (Å²) in [5, 5.41) is 0. The van der Waals surface area contributed by atoms with Crippen molar-refractivity contribution >= 4 is 45.4 Å². The van der Waals surface area contributed by atoms with E-state index >= 15 is 0 Å². The molecule has 0 atom stereocenters. The minimum atomic E-state index is -0.405. The Hall–Kier alpha value is -2.25. The minimum Gasteiger partial charge on any atom is -0.370 e. The van der Waals surface area contributed by atoms with Crippen LogP contribution in [-0.4, -0.2) is 33.4 Å². The van der Waals surface area contributed by atoms with Crippen LogP contribution in [0.5, 0.6) is 0 Å². The van der Waals surface area contributed by atoms with Gasteiger partial charge in [-0.2, -0.15) is 0 Å². The molecule has 0 saturated heterocycles. The third kappa shape index (κ3) is 5.87. The SMILES string of the molecule is NC(=O)CCN(Cc1ccccc1)C(=O)CSC1=Nc2ccccc2CS1. The molecule has 3 rings (SSSR count). The fourth-order valence-corrected chi connectivity index (χ4v) is 4.61. The predicted octanol–water partition coefficient (Wildman–Crippen LogP) is 3.56. The van der Waals surface area contributed by atoms with Crippen LogP contribution in [0.1, 0.15) is 17.5 Å². The van der Waals surface area contributed by atoms with Crippen molar-refractivity contribution in [2.75, 3.05) is 12.3 Å². The largest absolute Gasteiger partial charge is 0.370 e. The molecule has 0 spiro atoms. The zero-order valence-electron chi connectivity index (χ0n) is 14.8. The first kappa shape index (κ1) is 19.5. The average molecular weight is 400 g/mol. The number of fused-ring (bicyclic) bond motifs is 1. The zero-order chi connectivity index (χ0) is 19.1. The number of nitrogens with two attached hydrogens (primary N) is 1. The maximum Gasteiger partial charge on any atom is 0.233 e. The Balaban J connectivity index is 1.62. The zero-order valence-corrected chi connectivity index (χ0v) is 16.5. The van der Waals surface area contributed by atoms with Gasteiger partial charge in [-0.3, -0.25) is 9.59 Å². The van der Waals surface area contributed by atoms with Crippen LogP contribution < -0.4 is 5.73 Å². The highest BCUT2D eigenvalue weighted by Gasteiger charge is 2.18. The number of hydrogen-bond acceptors (Lipinski definition) is 5. The van der Waals surface area contributed by atoms with Crippen molar-refractivity contribution in [3.63, 3.8) is 0 Å². The molecule has 1 aliphatic rings. The summed E-state index contributed by atoms with van der Waals surface area (Å²) in [4.78, 5) is 30.2. The van der Waals surface area contributed by atoms with Crippen LogP contribution in [0.2, 0.25) is 0 Å². The summed E-state index contributed by atoms with van der Waals surface area (Å²) in [5.41, 5.74) is 8.48. The van der Waals surface area contributed by atoms with Gasteiger partial charge < -0.3 is 10.6 Å². The molecule has 0 bridgehead atoms. The fraction of sp³-hybridized carbons (Fsp3) is 0.250. The van der Waals surface area contributed by atoms with Crippen molar-refractivity contribution in [2.45, 2.75) is 18.7 Å². The van der Waals surface area contributed by atoms with E-state index in [0.29, 0.717) is 18.8 Å². The number of carbonyl (C=O) groups excluding carboxylic acids is 2. The predicted molar refractivity (Wildman–Crippen MR) is 113 cm³/mol. The van der Waals surface area contributed by atoms with Crippen molar-refractivity contribution in [2.24, 2.45) is 10.7 Å². The van der Waals surface area contributed by atoms with Gasteiger partial charge in [-0.25, -0.2) is 4.99 Å². The Morgan fingerprint density at radius 2 is 1.85 bits per heavy atom. The number of para-hydroxylation sites is 1. The summed E-state index contributed by atoms with van der Waals surface area (Å²) in [5.74, 6) is 0.732. The maximum absolute atomic E-state index is 12.7. The molecule has 2 N–H and O–H groups in total. The molecule has 0 fully saturated rings. The molecular weight excluding hydrogens is 378 g/mol. The summed E-state index contributed by atoms with van der Waals surface area (Å²) in [6.45, 7) is 0.794. The van der Waals surface area contributed by atoms with Gasteiger partial charge in [0.15, 0.2) is 0 Å². The van der Waals surface area contributed by atoms with Gasteiger partial charge in [0.2, 0.25) is 11.8 Å². The number of rotatable bonds is 7. The smallest absolute Gasteiger partial charge is 0.233 e. The second-order valence-electron chi connectivity index (χ2n) is 6.10. The van der Waals surface area contributed by atoms with E-state index in [2.05, 4.69) is 11.1 Å². The van der Waals surface area contributed by atoms with E-state index in [9.17, 15) is 9.59 Å². The Morgan fingerprint density at radius 1 is 1.11 bits per heavy atom. The van der Waals surface area contributed by atoms with E-state index in [1.54, 1.807) is 16.7 Å². The molecule has 2 aromatic carbocycles. The van der Waals surface area contributed by atoms with Crippen molar-refractivity contribution < 1.29 is 9.59 Å². The van der Waals surface area contributed by atoms with E-state index in [-0.39, 0.29) is 12.3 Å². The van der Waals surface area contributed by atoms with Gasteiger partial charge in [0.1, 0.15) is 4.38 Å². The molecule has 5 nitrogen and oxygen atoms in total. The first-order valence-corrected chi connectivity index (χ1v) is 10.6. The molecule has 0 radical (unpaired) electrons. The highest BCUT2D eigenvalue weighted by molar-refractivity contribution is 8.38. The number of nitrogens with zero attached hydrogens (tertiary/aromatic N) is 2. The van der Waals surface area contributed by atoms with Gasteiger partial charge >= 0.3 is 0 Å². The molecule has 0 unspecified atom stereocenters. The van der Waals surface area contributed by atoms with Crippen LogP contribution in [0.25, 0.3) is 0 Å². The van der Waals surface area contributed by atoms with E-state index in [4.69, 9.17) is 5.73 Å². The standard InChI is InChI=1S/C20H21N3O2S2/c21-18(24)10-11-23(12-15-6-2-1-3-7-15)19(25)14-27-20-22-17-9-5-4-8-16(17)13-26-20/h1-9H,10-14H2,(H2,21,24). The second kappa shape index (κ2) is 9.62. The maximum atomic E-state index is 12.7. The van der Waals surface area contributed by atoms with Gasteiger partial charge in [0.25, 0.3) is 0 Å². The van der Waals surface area contributed by atoms with E-state index in [0.717, 1.165) is 21.4 Å². The van der Waals surface area contributed by atoms with Crippen LogP contribution in [0.3, 0.4) is 0 Å². The van der Waals surface area contributed by atoms with Gasteiger partial charge in [-0.1, -0.05) is 72.1 Å². The number of hydrogen-bond donors (Lipinski definition) is 1. The summed E-state index contributed by atoms with van der Waals surface area (Å²) in [7, 11) is 0. The number of amides is 2. The molecule has 1 heterocycles. The monoisotopic (exact) mass is 399 g/mol. The number of thioether (sulfide) groups is 2. The number of primary amides is 1. The Kier molecular flexibility index (Phi) is 6.95.